The van der Waals surface area contributed by atoms with Gasteiger partial charge in [-0.15, -0.1) is 0 Å². The summed E-state index contributed by atoms with van der Waals surface area (Å²) in [6, 6.07) is 22.0. The van der Waals surface area contributed by atoms with Crippen molar-refractivity contribution < 1.29 is 4.39 Å². The van der Waals surface area contributed by atoms with Crippen molar-refractivity contribution in [3.63, 3.8) is 0 Å². The number of hydrogen-bond acceptors (Lipinski definition) is 0. The first-order valence-corrected chi connectivity index (χ1v) is 5.50. The normalized spacial score (nSPS) is 10.6. The molecule has 0 saturated carbocycles. The summed E-state index contributed by atoms with van der Waals surface area (Å²) in [5.41, 5.74) is 1.97. The third-order valence-electron chi connectivity index (χ3n) is 2.81. The Labute approximate surface area is 99.3 Å². The van der Waals surface area contributed by atoms with Crippen LogP contribution in [0.5, 0.6) is 0 Å². The van der Waals surface area contributed by atoms with Crippen LogP contribution in [0.2, 0.25) is 0 Å². The average Bonchev–Trinajstić information content (AvgIpc) is 2.39. The summed E-state index contributed by atoms with van der Waals surface area (Å²) >= 11 is 0. The Morgan fingerprint density at radius 1 is 0.765 bits per heavy atom. The summed E-state index contributed by atoms with van der Waals surface area (Å²) in [5, 5.41) is 2.24. The van der Waals surface area contributed by atoms with Gasteiger partial charge in [-0.05, 0) is 40.1 Å². The molecule has 3 aromatic rings. The van der Waals surface area contributed by atoms with Gasteiger partial charge in [0, 0.05) is 0 Å². The van der Waals surface area contributed by atoms with Crippen LogP contribution in [0.4, 0.5) is 4.39 Å². The van der Waals surface area contributed by atoms with Gasteiger partial charge in [-0.1, -0.05) is 48.5 Å². The van der Waals surface area contributed by atoms with Gasteiger partial charge in [-0.3, -0.25) is 0 Å². The summed E-state index contributed by atoms with van der Waals surface area (Å²) in [6.45, 7) is 0. The largest absolute Gasteiger partial charge is 0.207 e. The second-order valence-electron chi connectivity index (χ2n) is 3.97. The smallest absolute Gasteiger partial charge is 0.123 e. The van der Waals surface area contributed by atoms with E-state index in [-0.39, 0.29) is 5.82 Å². The molecule has 1 heteroatoms. The lowest BCUT2D eigenvalue weighted by Gasteiger charge is -2.03. The fourth-order valence-electron chi connectivity index (χ4n) is 1.91. The molecule has 0 heterocycles. The van der Waals surface area contributed by atoms with E-state index in [1.54, 1.807) is 12.1 Å². The maximum atomic E-state index is 12.8. The molecule has 0 N–H and O–H groups in total. The van der Waals surface area contributed by atoms with Crippen molar-refractivity contribution in [2.24, 2.45) is 0 Å². The molecule has 3 rings (SSSR count). The van der Waals surface area contributed by atoms with E-state index in [2.05, 4.69) is 18.2 Å². The molecule has 0 saturated heterocycles. The number of hydrogen-bond donors (Lipinski definition) is 0. The lowest BCUT2D eigenvalue weighted by atomic mass is 10.0. The molecule has 0 bridgehead atoms. The standard InChI is InChI=1S/C16H10F/c17-16-9-7-13(8-10-16)15-6-5-12-3-1-2-4-14(12)11-15/h1-10H. The van der Waals surface area contributed by atoms with E-state index in [4.69, 9.17) is 0 Å². The average molecular weight is 221 g/mol. The molecule has 0 fully saturated rings. The van der Waals surface area contributed by atoms with Crippen molar-refractivity contribution in [2.45, 2.75) is 0 Å². The van der Waals surface area contributed by atoms with Crippen molar-refractivity contribution in [3.8, 4) is 11.1 Å². The quantitative estimate of drug-likeness (QED) is 0.569. The highest BCUT2D eigenvalue weighted by molar-refractivity contribution is 5.86. The SMILES string of the molecule is Fc1ccc(-c2[c]c3ccccc3cc2)cc1. The Balaban J connectivity index is 2.14. The van der Waals surface area contributed by atoms with E-state index >= 15 is 0 Å². The van der Waals surface area contributed by atoms with Crippen LogP contribution in [0.25, 0.3) is 21.9 Å². The van der Waals surface area contributed by atoms with E-state index in [0.29, 0.717) is 0 Å². The van der Waals surface area contributed by atoms with Gasteiger partial charge in [-0.2, -0.15) is 0 Å². The monoisotopic (exact) mass is 221 g/mol. The van der Waals surface area contributed by atoms with Gasteiger partial charge >= 0.3 is 0 Å². The summed E-state index contributed by atoms with van der Waals surface area (Å²) in [6.07, 6.45) is 0. The lowest BCUT2D eigenvalue weighted by molar-refractivity contribution is 0.628. The number of fused-ring (bicyclic) bond motifs is 1. The molecule has 0 aromatic heterocycles. The van der Waals surface area contributed by atoms with Gasteiger partial charge in [0.2, 0.25) is 0 Å². The number of rotatable bonds is 1. The van der Waals surface area contributed by atoms with Crippen molar-refractivity contribution in [3.05, 3.63) is 72.5 Å². The first-order chi connectivity index (χ1) is 8.33. The van der Waals surface area contributed by atoms with Crippen molar-refractivity contribution in [1.82, 2.24) is 0 Å². The first kappa shape index (κ1) is 10.0. The zero-order valence-electron chi connectivity index (χ0n) is 9.15. The van der Waals surface area contributed by atoms with E-state index < -0.39 is 0 Å². The first-order valence-electron chi connectivity index (χ1n) is 5.50. The molecule has 0 amide bonds. The number of halogens is 1. The lowest BCUT2D eigenvalue weighted by Crippen LogP contribution is -1.80. The molecule has 0 aliphatic carbocycles. The summed E-state index contributed by atoms with van der Waals surface area (Å²) in [4.78, 5) is 0. The van der Waals surface area contributed by atoms with Crippen LogP contribution in [0.1, 0.15) is 0 Å². The molecule has 0 aliphatic heterocycles. The predicted octanol–water partition coefficient (Wildman–Crippen LogP) is 4.45. The van der Waals surface area contributed by atoms with E-state index in [1.165, 1.54) is 17.5 Å². The van der Waals surface area contributed by atoms with Gasteiger partial charge < -0.3 is 0 Å². The molecule has 0 unspecified atom stereocenters. The fraction of sp³-hybridized carbons (Fsp3) is 0. The molecular weight excluding hydrogens is 211 g/mol. The minimum absolute atomic E-state index is 0.213. The Kier molecular flexibility index (Phi) is 2.37. The second kappa shape index (κ2) is 4.02. The highest BCUT2D eigenvalue weighted by Crippen LogP contribution is 2.23. The highest BCUT2D eigenvalue weighted by atomic mass is 19.1. The Hall–Kier alpha value is -2.15. The van der Waals surface area contributed by atoms with Gasteiger partial charge in [-0.25, -0.2) is 4.39 Å². The van der Waals surface area contributed by atoms with Gasteiger partial charge in [0.15, 0.2) is 0 Å². The zero-order valence-corrected chi connectivity index (χ0v) is 9.15. The summed E-state index contributed by atoms with van der Waals surface area (Å²) in [7, 11) is 0. The maximum Gasteiger partial charge on any atom is 0.123 e. The molecule has 3 aromatic carbocycles. The van der Waals surface area contributed by atoms with E-state index in [9.17, 15) is 4.39 Å². The Morgan fingerprint density at radius 3 is 2.35 bits per heavy atom. The molecular formula is C16H10F. The van der Waals surface area contributed by atoms with E-state index in [1.807, 2.05) is 24.3 Å². The topological polar surface area (TPSA) is 0 Å². The van der Waals surface area contributed by atoms with Crippen LogP contribution < -0.4 is 0 Å². The van der Waals surface area contributed by atoms with Gasteiger partial charge in [0.1, 0.15) is 5.82 Å². The van der Waals surface area contributed by atoms with Crippen molar-refractivity contribution in [2.75, 3.05) is 0 Å². The fourth-order valence-corrected chi connectivity index (χ4v) is 1.91. The molecule has 1 radical (unpaired) electrons. The van der Waals surface area contributed by atoms with E-state index in [0.717, 1.165) is 16.5 Å². The van der Waals surface area contributed by atoms with Crippen LogP contribution in [-0.2, 0) is 0 Å². The zero-order chi connectivity index (χ0) is 11.7. The van der Waals surface area contributed by atoms with Crippen LogP contribution in [0.3, 0.4) is 0 Å². The highest BCUT2D eigenvalue weighted by Gasteiger charge is 2.00. The van der Waals surface area contributed by atoms with Crippen LogP contribution >= 0.6 is 0 Å². The third kappa shape index (κ3) is 1.92. The Morgan fingerprint density at radius 2 is 1.53 bits per heavy atom. The molecule has 0 nitrogen and oxygen atoms in total. The minimum atomic E-state index is -0.213. The summed E-state index contributed by atoms with van der Waals surface area (Å²) in [5.74, 6) is -0.213. The van der Waals surface area contributed by atoms with Crippen LogP contribution in [0, 0.1) is 11.9 Å². The molecule has 17 heavy (non-hydrogen) atoms. The van der Waals surface area contributed by atoms with Gasteiger partial charge in [0.05, 0.1) is 0 Å². The molecule has 0 aliphatic rings. The Bertz CT molecular complexity index is 654. The maximum absolute atomic E-state index is 12.8. The van der Waals surface area contributed by atoms with Crippen LogP contribution in [0.15, 0.2) is 60.7 Å². The van der Waals surface area contributed by atoms with Gasteiger partial charge in [0.25, 0.3) is 0 Å². The number of benzene rings is 3. The molecule has 81 valence electrons. The molecule has 0 spiro atoms. The predicted molar refractivity (Wildman–Crippen MR) is 68.2 cm³/mol. The minimum Gasteiger partial charge on any atom is -0.207 e. The second-order valence-corrected chi connectivity index (χ2v) is 3.97. The van der Waals surface area contributed by atoms with Crippen LogP contribution in [-0.4, -0.2) is 0 Å². The third-order valence-corrected chi connectivity index (χ3v) is 2.81. The summed E-state index contributed by atoms with van der Waals surface area (Å²) < 4.78 is 12.8. The van der Waals surface area contributed by atoms with Crippen molar-refractivity contribution in [1.29, 1.82) is 0 Å². The molecule has 0 atom stereocenters. The van der Waals surface area contributed by atoms with Crippen molar-refractivity contribution >= 4 is 10.8 Å².